The molecule has 0 fully saturated rings. The summed E-state index contributed by atoms with van der Waals surface area (Å²) < 4.78 is 0. The normalized spacial score (nSPS) is 9.73. The molecule has 1 aromatic rings. The van der Waals surface area contributed by atoms with Crippen LogP contribution in [-0.4, -0.2) is 17.2 Å². The highest BCUT2D eigenvalue weighted by atomic mass is 16.4. The van der Waals surface area contributed by atoms with Gasteiger partial charge in [0.2, 0.25) is 0 Å². The Morgan fingerprint density at radius 3 is 2.09 bits per heavy atom. The molecule has 5 N–H and O–H groups in total. The molecule has 0 amide bonds. The fraction of sp³-hybridized carbons (Fsp3) is 0.143. The maximum Gasteiger partial charge on any atom is 0.488 e. The highest BCUT2D eigenvalue weighted by Crippen LogP contribution is 1.93. The first-order valence-corrected chi connectivity index (χ1v) is 3.48. The van der Waals surface area contributed by atoms with Gasteiger partial charge in [-0.05, 0) is 5.46 Å². The Hall–Kier alpha value is -0.835. The fourth-order valence-electron chi connectivity index (χ4n) is 0.856. The Labute approximate surface area is 65.6 Å². The smallest absolute Gasteiger partial charge is 0.423 e. The molecule has 0 saturated carbocycles. The molecular weight excluding hydrogens is 141 g/mol. The monoisotopic (exact) mass is 152 g/mol. The maximum absolute atomic E-state index is 8.73. The summed E-state index contributed by atoms with van der Waals surface area (Å²) in [5.74, 6) is 0. The first-order valence-electron chi connectivity index (χ1n) is 3.48. The second-order valence-electron chi connectivity index (χ2n) is 2.37. The molecule has 0 unspecified atom stereocenters. The summed E-state index contributed by atoms with van der Waals surface area (Å²) in [5, 5.41) is 17.5. The van der Waals surface area contributed by atoms with E-state index in [1.807, 2.05) is 12.1 Å². The summed E-state index contributed by atoms with van der Waals surface area (Å²) >= 11 is 0. The summed E-state index contributed by atoms with van der Waals surface area (Å²) in [6.45, 7) is 0.724. The van der Waals surface area contributed by atoms with Crippen LogP contribution in [0.4, 0.5) is 0 Å². The van der Waals surface area contributed by atoms with E-state index in [0.717, 1.165) is 12.1 Å². The average Bonchev–Trinajstić information content (AvgIpc) is 2.05. The van der Waals surface area contributed by atoms with Gasteiger partial charge in [0.15, 0.2) is 0 Å². The Balaban J connectivity index is 2.83. The standard InChI is InChI=1S/C7H10BNO2/c9-5-6-1-3-7(4-2-6)8(10)11/h1-4,10-11H,5,9H2/p+1. The molecule has 0 aliphatic rings. The molecule has 0 radical (unpaired) electrons. The van der Waals surface area contributed by atoms with Crippen LogP contribution in [0.15, 0.2) is 24.3 Å². The van der Waals surface area contributed by atoms with E-state index < -0.39 is 7.12 Å². The maximum atomic E-state index is 8.73. The third-order valence-corrected chi connectivity index (χ3v) is 1.57. The van der Waals surface area contributed by atoms with Crippen LogP contribution in [0.3, 0.4) is 0 Å². The van der Waals surface area contributed by atoms with Gasteiger partial charge < -0.3 is 15.8 Å². The zero-order valence-corrected chi connectivity index (χ0v) is 6.20. The number of hydrogen-bond donors (Lipinski definition) is 3. The molecular formula is C7H11BNO2+. The zero-order chi connectivity index (χ0) is 8.27. The van der Waals surface area contributed by atoms with Gasteiger partial charge in [-0.15, -0.1) is 0 Å². The quantitative estimate of drug-likeness (QED) is 0.433. The van der Waals surface area contributed by atoms with Gasteiger partial charge in [-0.25, -0.2) is 0 Å². The van der Waals surface area contributed by atoms with Crippen molar-refractivity contribution < 1.29 is 15.8 Å². The topological polar surface area (TPSA) is 68.1 Å². The van der Waals surface area contributed by atoms with Crippen LogP contribution in [-0.2, 0) is 6.54 Å². The van der Waals surface area contributed by atoms with Gasteiger partial charge in [0, 0.05) is 5.56 Å². The molecule has 1 rings (SSSR count). The lowest BCUT2D eigenvalue weighted by molar-refractivity contribution is -0.386. The van der Waals surface area contributed by atoms with Crippen LogP contribution in [0, 0.1) is 0 Å². The molecule has 0 aliphatic heterocycles. The summed E-state index contributed by atoms with van der Waals surface area (Å²) in [4.78, 5) is 0. The molecule has 0 bridgehead atoms. The summed E-state index contributed by atoms with van der Waals surface area (Å²) in [7, 11) is -1.37. The van der Waals surface area contributed by atoms with Crippen molar-refractivity contribution in [1.29, 1.82) is 0 Å². The molecule has 0 aromatic heterocycles. The van der Waals surface area contributed by atoms with Gasteiger partial charge in [0.1, 0.15) is 0 Å². The van der Waals surface area contributed by atoms with Crippen molar-refractivity contribution in [2.45, 2.75) is 6.54 Å². The zero-order valence-electron chi connectivity index (χ0n) is 6.20. The highest BCUT2D eigenvalue weighted by Gasteiger charge is 2.09. The van der Waals surface area contributed by atoms with Crippen molar-refractivity contribution in [1.82, 2.24) is 0 Å². The van der Waals surface area contributed by atoms with Gasteiger partial charge in [0.25, 0.3) is 0 Å². The summed E-state index contributed by atoms with van der Waals surface area (Å²) in [5.41, 5.74) is 5.31. The molecule has 4 heteroatoms. The van der Waals surface area contributed by atoms with E-state index in [1.165, 1.54) is 0 Å². The first kappa shape index (κ1) is 8.26. The molecule has 0 atom stereocenters. The largest absolute Gasteiger partial charge is 0.488 e. The molecule has 58 valence electrons. The second kappa shape index (κ2) is 3.53. The van der Waals surface area contributed by atoms with Crippen LogP contribution < -0.4 is 11.2 Å². The number of benzene rings is 1. The van der Waals surface area contributed by atoms with E-state index in [-0.39, 0.29) is 0 Å². The molecule has 0 aliphatic carbocycles. The van der Waals surface area contributed by atoms with Crippen molar-refractivity contribution in [2.75, 3.05) is 0 Å². The lowest BCUT2D eigenvalue weighted by atomic mass is 9.80. The van der Waals surface area contributed by atoms with E-state index in [2.05, 4.69) is 5.73 Å². The number of hydrogen-bond acceptors (Lipinski definition) is 2. The minimum Gasteiger partial charge on any atom is -0.423 e. The lowest BCUT2D eigenvalue weighted by Gasteiger charge is -1.98. The van der Waals surface area contributed by atoms with E-state index in [4.69, 9.17) is 10.0 Å². The average molecular weight is 152 g/mol. The van der Waals surface area contributed by atoms with Crippen molar-refractivity contribution in [3.8, 4) is 0 Å². The Bertz CT molecular complexity index is 222. The van der Waals surface area contributed by atoms with E-state index >= 15 is 0 Å². The van der Waals surface area contributed by atoms with Gasteiger partial charge in [0.05, 0.1) is 6.54 Å². The third kappa shape index (κ3) is 2.05. The highest BCUT2D eigenvalue weighted by molar-refractivity contribution is 6.58. The fourth-order valence-corrected chi connectivity index (χ4v) is 0.856. The van der Waals surface area contributed by atoms with Gasteiger partial charge in [-0.2, -0.15) is 0 Å². The van der Waals surface area contributed by atoms with Crippen molar-refractivity contribution in [3.05, 3.63) is 29.8 Å². The van der Waals surface area contributed by atoms with Crippen LogP contribution in [0.25, 0.3) is 0 Å². The molecule has 0 saturated heterocycles. The van der Waals surface area contributed by atoms with Gasteiger partial charge in [-0.3, -0.25) is 0 Å². The number of quaternary nitrogens is 1. The Morgan fingerprint density at radius 1 is 1.18 bits per heavy atom. The van der Waals surface area contributed by atoms with Gasteiger partial charge in [-0.1, -0.05) is 24.3 Å². The van der Waals surface area contributed by atoms with Crippen molar-refractivity contribution in [3.63, 3.8) is 0 Å². The Morgan fingerprint density at radius 2 is 1.73 bits per heavy atom. The lowest BCUT2D eigenvalue weighted by Crippen LogP contribution is -2.47. The van der Waals surface area contributed by atoms with Crippen LogP contribution >= 0.6 is 0 Å². The van der Waals surface area contributed by atoms with Gasteiger partial charge >= 0.3 is 7.12 Å². The van der Waals surface area contributed by atoms with Crippen LogP contribution in [0.2, 0.25) is 0 Å². The molecule has 1 aromatic carbocycles. The van der Waals surface area contributed by atoms with Crippen LogP contribution in [0.1, 0.15) is 5.56 Å². The minimum atomic E-state index is -1.37. The molecule has 0 spiro atoms. The van der Waals surface area contributed by atoms with Crippen molar-refractivity contribution in [2.24, 2.45) is 0 Å². The van der Waals surface area contributed by atoms with E-state index in [1.54, 1.807) is 12.1 Å². The van der Waals surface area contributed by atoms with Crippen LogP contribution in [0.5, 0.6) is 0 Å². The second-order valence-corrected chi connectivity index (χ2v) is 2.37. The summed E-state index contributed by atoms with van der Waals surface area (Å²) in [6, 6.07) is 7.04. The predicted molar refractivity (Wildman–Crippen MR) is 42.9 cm³/mol. The summed E-state index contributed by atoms with van der Waals surface area (Å²) in [6.07, 6.45) is 0. The van der Waals surface area contributed by atoms with Crippen molar-refractivity contribution >= 4 is 12.6 Å². The first-order chi connectivity index (χ1) is 5.24. The SMILES string of the molecule is [NH3+]Cc1ccc(B(O)O)cc1. The number of rotatable bonds is 2. The van der Waals surface area contributed by atoms with E-state index in [9.17, 15) is 0 Å². The molecule has 3 nitrogen and oxygen atoms in total. The van der Waals surface area contributed by atoms with E-state index in [0.29, 0.717) is 5.46 Å². The minimum absolute atomic E-state index is 0.516. The molecule has 11 heavy (non-hydrogen) atoms. The predicted octanol–water partition coefficient (Wildman–Crippen LogP) is -1.89. The Kier molecular flexibility index (Phi) is 2.65. The third-order valence-electron chi connectivity index (χ3n) is 1.57. The molecule has 0 heterocycles.